The molecule has 166 valence electrons. The highest BCUT2D eigenvalue weighted by molar-refractivity contribution is 6.31. The molecule has 9 nitrogen and oxygen atoms in total. The van der Waals surface area contributed by atoms with Crippen LogP contribution in [0.1, 0.15) is 11.1 Å². The van der Waals surface area contributed by atoms with Gasteiger partial charge in [-0.15, -0.1) is 0 Å². The number of carbonyl (C=O) groups excluding carboxylic acids is 3. The van der Waals surface area contributed by atoms with Gasteiger partial charge in [0.2, 0.25) is 5.91 Å². The van der Waals surface area contributed by atoms with Crippen LogP contribution in [-0.4, -0.2) is 53.7 Å². The van der Waals surface area contributed by atoms with Gasteiger partial charge >= 0.3 is 18.1 Å². The summed E-state index contributed by atoms with van der Waals surface area (Å²) < 4.78 is 4.93. The number of aliphatic carboxylic acids is 1. The molecule has 1 N–H and O–H groups in total. The number of hydrogen-bond donors (Lipinski definition) is 1. The predicted octanol–water partition coefficient (Wildman–Crippen LogP) is 3.27. The molecule has 4 amide bonds. The second-order valence-corrected chi connectivity index (χ2v) is 7.92. The summed E-state index contributed by atoms with van der Waals surface area (Å²) in [5.74, 6) is -3.48. The van der Waals surface area contributed by atoms with Crippen molar-refractivity contribution in [3.8, 4) is 0 Å². The standard InChI is InChI=1S/C22H20ClN3O6/c1-13-14(3-2-4-18(13)23)11-26-19(27)17(20(28)29)12-25(21(26)30)16-7-5-15(6-8-16)24-9-10-32-22(24)31/h2-8,17H,9-12H2,1H3,(H,28,29). The molecule has 0 radical (unpaired) electrons. The van der Waals surface area contributed by atoms with Gasteiger partial charge in [0.15, 0.2) is 5.92 Å². The van der Waals surface area contributed by atoms with Crippen LogP contribution in [0.25, 0.3) is 0 Å². The Labute approximate surface area is 188 Å². The first-order valence-electron chi connectivity index (χ1n) is 9.92. The summed E-state index contributed by atoms with van der Waals surface area (Å²) in [5, 5.41) is 10.1. The normalized spacial score (nSPS) is 18.9. The van der Waals surface area contributed by atoms with Crippen LogP contribution in [0.4, 0.5) is 21.0 Å². The SMILES string of the molecule is Cc1c(Cl)cccc1CN1C(=O)C(C(=O)O)CN(c2ccc(N3CCOC3=O)cc2)C1=O. The number of imide groups is 1. The Hall–Kier alpha value is -3.59. The summed E-state index contributed by atoms with van der Waals surface area (Å²) in [5.41, 5.74) is 2.37. The van der Waals surface area contributed by atoms with Gasteiger partial charge in [0.25, 0.3) is 0 Å². The number of hydrogen-bond acceptors (Lipinski definition) is 5. The molecule has 0 bridgehead atoms. The Morgan fingerprint density at radius 2 is 1.75 bits per heavy atom. The fourth-order valence-electron chi connectivity index (χ4n) is 3.75. The number of urea groups is 1. The maximum Gasteiger partial charge on any atom is 0.414 e. The largest absolute Gasteiger partial charge is 0.481 e. The van der Waals surface area contributed by atoms with Crippen LogP contribution in [-0.2, 0) is 20.9 Å². The van der Waals surface area contributed by atoms with Crippen molar-refractivity contribution in [3.63, 3.8) is 0 Å². The highest BCUT2D eigenvalue weighted by Gasteiger charge is 2.43. The highest BCUT2D eigenvalue weighted by atomic mass is 35.5. The van der Waals surface area contributed by atoms with E-state index < -0.39 is 29.9 Å². The number of anilines is 2. The lowest BCUT2D eigenvalue weighted by Crippen LogP contribution is -2.58. The van der Waals surface area contributed by atoms with Crippen molar-refractivity contribution in [3.05, 3.63) is 58.6 Å². The summed E-state index contributed by atoms with van der Waals surface area (Å²) in [7, 11) is 0. The first-order chi connectivity index (χ1) is 15.3. The van der Waals surface area contributed by atoms with E-state index in [1.807, 2.05) is 0 Å². The minimum atomic E-state index is -1.40. The van der Waals surface area contributed by atoms with Crippen LogP contribution in [0.5, 0.6) is 0 Å². The summed E-state index contributed by atoms with van der Waals surface area (Å²) in [6, 6.07) is 11.0. The van der Waals surface area contributed by atoms with Gasteiger partial charge in [0.1, 0.15) is 6.61 Å². The smallest absolute Gasteiger partial charge is 0.414 e. The van der Waals surface area contributed by atoms with Crippen molar-refractivity contribution >= 4 is 47.0 Å². The molecule has 2 saturated heterocycles. The fourth-order valence-corrected chi connectivity index (χ4v) is 3.94. The number of ether oxygens (including phenoxy) is 1. The van der Waals surface area contributed by atoms with E-state index in [-0.39, 0.29) is 13.1 Å². The molecule has 2 aromatic carbocycles. The van der Waals surface area contributed by atoms with Crippen LogP contribution in [0, 0.1) is 12.8 Å². The third kappa shape index (κ3) is 3.87. The average Bonchev–Trinajstić information content (AvgIpc) is 3.20. The first-order valence-corrected chi connectivity index (χ1v) is 10.3. The molecule has 10 heteroatoms. The van der Waals surface area contributed by atoms with Crippen molar-refractivity contribution in [2.24, 2.45) is 5.92 Å². The molecule has 32 heavy (non-hydrogen) atoms. The van der Waals surface area contributed by atoms with E-state index >= 15 is 0 Å². The van der Waals surface area contributed by atoms with E-state index in [0.717, 1.165) is 4.90 Å². The quantitative estimate of drug-likeness (QED) is 0.690. The number of carboxylic acid groups (broad SMARTS) is 1. The lowest BCUT2D eigenvalue weighted by atomic mass is 10.0. The minimum Gasteiger partial charge on any atom is -0.481 e. The number of benzene rings is 2. The zero-order valence-electron chi connectivity index (χ0n) is 17.2. The monoisotopic (exact) mass is 457 g/mol. The van der Waals surface area contributed by atoms with Gasteiger partial charge in [-0.05, 0) is 48.4 Å². The number of cyclic esters (lactones) is 1. The van der Waals surface area contributed by atoms with E-state index in [9.17, 15) is 24.3 Å². The number of rotatable bonds is 5. The molecular weight excluding hydrogens is 438 g/mol. The summed E-state index contributed by atoms with van der Waals surface area (Å²) in [6.07, 6.45) is -0.452. The van der Waals surface area contributed by atoms with Crippen molar-refractivity contribution in [2.75, 3.05) is 29.5 Å². The molecule has 0 spiro atoms. The molecular formula is C22H20ClN3O6. The maximum atomic E-state index is 13.2. The third-order valence-corrected chi connectivity index (χ3v) is 6.04. The Morgan fingerprint density at radius 3 is 2.34 bits per heavy atom. The Morgan fingerprint density at radius 1 is 1.09 bits per heavy atom. The van der Waals surface area contributed by atoms with Crippen LogP contribution in [0.15, 0.2) is 42.5 Å². The topological polar surface area (TPSA) is 107 Å². The van der Waals surface area contributed by atoms with Crippen molar-refractivity contribution < 1.29 is 29.0 Å². The zero-order valence-corrected chi connectivity index (χ0v) is 17.9. The van der Waals surface area contributed by atoms with Crippen molar-refractivity contribution in [1.82, 2.24) is 4.90 Å². The van der Waals surface area contributed by atoms with Gasteiger partial charge in [-0.1, -0.05) is 23.7 Å². The third-order valence-electron chi connectivity index (χ3n) is 5.63. The molecule has 2 aliphatic heterocycles. The maximum absolute atomic E-state index is 13.2. The second kappa shape index (κ2) is 8.51. The van der Waals surface area contributed by atoms with Crippen LogP contribution < -0.4 is 9.80 Å². The Bertz CT molecular complexity index is 1100. The number of nitrogens with zero attached hydrogens (tertiary/aromatic N) is 3. The van der Waals surface area contributed by atoms with Crippen LogP contribution in [0.3, 0.4) is 0 Å². The van der Waals surface area contributed by atoms with Gasteiger partial charge < -0.3 is 9.84 Å². The molecule has 2 heterocycles. The number of carbonyl (C=O) groups is 4. The molecule has 1 unspecified atom stereocenters. The molecule has 2 fully saturated rings. The summed E-state index contributed by atoms with van der Waals surface area (Å²) in [4.78, 5) is 53.2. The lowest BCUT2D eigenvalue weighted by Gasteiger charge is -2.37. The molecule has 0 aromatic heterocycles. The van der Waals surface area contributed by atoms with Gasteiger partial charge in [-0.3, -0.25) is 24.3 Å². The minimum absolute atomic E-state index is 0.0952. The number of carboxylic acids is 1. The molecule has 2 aromatic rings. The Balaban J connectivity index is 1.64. The average molecular weight is 458 g/mol. The molecule has 1 atom stereocenters. The van der Waals surface area contributed by atoms with E-state index in [2.05, 4.69) is 0 Å². The molecule has 0 saturated carbocycles. The van der Waals surface area contributed by atoms with E-state index in [1.54, 1.807) is 49.4 Å². The molecule has 4 rings (SSSR count). The predicted molar refractivity (Wildman–Crippen MR) is 116 cm³/mol. The second-order valence-electron chi connectivity index (χ2n) is 7.51. The highest BCUT2D eigenvalue weighted by Crippen LogP contribution is 2.29. The van der Waals surface area contributed by atoms with E-state index in [1.165, 1.54) is 9.80 Å². The van der Waals surface area contributed by atoms with E-state index in [0.29, 0.717) is 40.7 Å². The summed E-state index contributed by atoms with van der Waals surface area (Å²) in [6.45, 7) is 2.10. The molecule has 0 aliphatic carbocycles. The lowest BCUT2D eigenvalue weighted by molar-refractivity contribution is -0.150. The fraction of sp³-hybridized carbons (Fsp3) is 0.273. The zero-order chi connectivity index (χ0) is 23.0. The van der Waals surface area contributed by atoms with Gasteiger partial charge in [-0.25, -0.2) is 9.59 Å². The van der Waals surface area contributed by atoms with Gasteiger partial charge in [0, 0.05) is 22.9 Å². The molecule has 2 aliphatic rings. The van der Waals surface area contributed by atoms with Crippen molar-refractivity contribution in [2.45, 2.75) is 13.5 Å². The number of halogens is 1. The first kappa shape index (κ1) is 21.6. The van der Waals surface area contributed by atoms with Crippen LogP contribution in [0.2, 0.25) is 5.02 Å². The van der Waals surface area contributed by atoms with Gasteiger partial charge in [0.05, 0.1) is 13.1 Å². The van der Waals surface area contributed by atoms with Gasteiger partial charge in [-0.2, -0.15) is 0 Å². The summed E-state index contributed by atoms with van der Waals surface area (Å²) >= 11 is 6.16. The van der Waals surface area contributed by atoms with Crippen LogP contribution >= 0.6 is 11.6 Å². The van der Waals surface area contributed by atoms with Crippen molar-refractivity contribution in [1.29, 1.82) is 0 Å². The number of amides is 4. The Kier molecular flexibility index (Phi) is 5.75. The van der Waals surface area contributed by atoms with E-state index in [4.69, 9.17) is 16.3 Å².